The van der Waals surface area contributed by atoms with Gasteiger partial charge in [0.05, 0.1) is 0 Å². The molecule has 110 valence electrons. The summed E-state index contributed by atoms with van der Waals surface area (Å²) in [5.74, 6) is 0.617. The molecule has 1 aliphatic rings. The highest BCUT2D eigenvalue weighted by Gasteiger charge is 2.49. The second kappa shape index (κ2) is 4.50. The molecule has 1 atom stereocenters. The van der Waals surface area contributed by atoms with Crippen molar-refractivity contribution < 1.29 is 0 Å². The van der Waals surface area contributed by atoms with Gasteiger partial charge in [0.25, 0.3) is 0 Å². The number of hydrogen-bond donors (Lipinski definition) is 0. The number of rotatable bonds is 0. The molecule has 0 saturated carbocycles. The van der Waals surface area contributed by atoms with E-state index in [2.05, 4.69) is 76.2 Å². The van der Waals surface area contributed by atoms with Gasteiger partial charge in [0, 0.05) is 5.92 Å². The van der Waals surface area contributed by atoms with Crippen LogP contribution >= 0.6 is 0 Å². The Morgan fingerprint density at radius 2 is 1.16 bits per heavy atom. The van der Waals surface area contributed by atoms with Crippen LogP contribution in [0.3, 0.4) is 0 Å². The first-order valence-electron chi connectivity index (χ1n) is 7.62. The monoisotopic (exact) mass is 262 g/mol. The molecule has 1 unspecified atom stereocenters. The Bertz CT molecular complexity index is 418. The van der Waals surface area contributed by atoms with Crippen molar-refractivity contribution in [2.45, 2.75) is 76.2 Å². The van der Waals surface area contributed by atoms with Crippen molar-refractivity contribution in [3.63, 3.8) is 0 Å². The third kappa shape index (κ3) is 2.98. The molecular weight excluding hydrogens is 228 g/mol. The minimum absolute atomic E-state index is 0.247. The van der Waals surface area contributed by atoms with Crippen molar-refractivity contribution in [3.05, 3.63) is 22.3 Å². The third-order valence-corrected chi connectivity index (χ3v) is 4.08. The van der Waals surface area contributed by atoms with Gasteiger partial charge in [-0.25, -0.2) is 0 Å². The molecule has 0 aromatic heterocycles. The fourth-order valence-electron chi connectivity index (χ4n) is 3.52. The maximum absolute atomic E-state index is 2.38. The first kappa shape index (κ1) is 16.5. The standard InChI is InChI=1S/C19H34/c1-12(2)13-14(17(3,4)5)16(19(9,10)11)15(13)18(6,7)8/h14H,1-11H3. The Morgan fingerprint density at radius 1 is 0.737 bits per heavy atom. The van der Waals surface area contributed by atoms with Gasteiger partial charge in [0.15, 0.2) is 0 Å². The largest absolute Gasteiger partial charge is 0.0723 e. The Balaban J connectivity index is 3.62. The Hall–Kier alpha value is -0.520. The molecule has 0 nitrogen and oxygen atoms in total. The highest BCUT2D eigenvalue weighted by molar-refractivity contribution is 5.59. The lowest BCUT2D eigenvalue weighted by atomic mass is 9.50. The van der Waals surface area contributed by atoms with E-state index < -0.39 is 0 Å². The fourth-order valence-corrected chi connectivity index (χ4v) is 3.52. The van der Waals surface area contributed by atoms with E-state index in [1.165, 1.54) is 5.57 Å². The van der Waals surface area contributed by atoms with Gasteiger partial charge in [0.1, 0.15) is 0 Å². The lowest BCUT2D eigenvalue weighted by Gasteiger charge is -2.54. The molecule has 0 bridgehead atoms. The molecule has 1 rings (SSSR count). The van der Waals surface area contributed by atoms with Gasteiger partial charge in [-0.3, -0.25) is 0 Å². The van der Waals surface area contributed by atoms with Gasteiger partial charge in [0.2, 0.25) is 0 Å². The van der Waals surface area contributed by atoms with Crippen molar-refractivity contribution in [1.82, 2.24) is 0 Å². The average molecular weight is 262 g/mol. The van der Waals surface area contributed by atoms with Crippen molar-refractivity contribution in [2.24, 2.45) is 22.2 Å². The highest BCUT2D eigenvalue weighted by atomic mass is 14.5. The quantitative estimate of drug-likeness (QED) is 0.474. The normalized spacial score (nSPS) is 21.6. The molecule has 0 aromatic carbocycles. The van der Waals surface area contributed by atoms with E-state index in [0.29, 0.717) is 11.3 Å². The number of allylic oxidation sites excluding steroid dienone is 4. The third-order valence-electron chi connectivity index (χ3n) is 4.08. The zero-order valence-electron chi connectivity index (χ0n) is 15.1. The van der Waals surface area contributed by atoms with Crippen LogP contribution in [0.5, 0.6) is 0 Å². The predicted molar refractivity (Wildman–Crippen MR) is 87.3 cm³/mol. The van der Waals surface area contributed by atoms with Crippen LogP contribution in [-0.4, -0.2) is 0 Å². The Morgan fingerprint density at radius 3 is 1.37 bits per heavy atom. The second-order valence-corrected chi connectivity index (χ2v) is 9.50. The zero-order valence-corrected chi connectivity index (χ0v) is 15.1. The Labute approximate surface area is 121 Å². The molecule has 0 heterocycles. The molecule has 0 saturated heterocycles. The van der Waals surface area contributed by atoms with E-state index >= 15 is 0 Å². The topological polar surface area (TPSA) is 0 Å². The van der Waals surface area contributed by atoms with E-state index in [1.54, 1.807) is 16.7 Å². The molecule has 0 radical (unpaired) electrons. The summed E-state index contributed by atoms with van der Waals surface area (Å²) < 4.78 is 0. The van der Waals surface area contributed by atoms with Crippen LogP contribution in [-0.2, 0) is 0 Å². The van der Waals surface area contributed by atoms with Crippen LogP contribution in [0, 0.1) is 22.2 Å². The molecule has 0 fully saturated rings. The summed E-state index contributed by atoms with van der Waals surface area (Å²) in [4.78, 5) is 0. The van der Waals surface area contributed by atoms with Crippen LogP contribution < -0.4 is 0 Å². The van der Waals surface area contributed by atoms with Crippen molar-refractivity contribution in [1.29, 1.82) is 0 Å². The molecule has 19 heavy (non-hydrogen) atoms. The maximum Gasteiger partial charge on any atom is 0.0110 e. The first-order chi connectivity index (χ1) is 8.19. The molecule has 0 aliphatic heterocycles. The van der Waals surface area contributed by atoms with E-state index in [1.807, 2.05) is 0 Å². The van der Waals surface area contributed by atoms with E-state index in [4.69, 9.17) is 0 Å². The van der Waals surface area contributed by atoms with Crippen LogP contribution in [0.15, 0.2) is 22.3 Å². The summed E-state index contributed by atoms with van der Waals surface area (Å²) in [7, 11) is 0. The average Bonchev–Trinajstić information content (AvgIpc) is 1.89. The zero-order chi connectivity index (χ0) is 15.4. The summed E-state index contributed by atoms with van der Waals surface area (Å²) in [5.41, 5.74) is 7.26. The molecule has 0 heteroatoms. The van der Waals surface area contributed by atoms with E-state index in [9.17, 15) is 0 Å². The summed E-state index contributed by atoms with van der Waals surface area (Å²) in [6.07, 6.45) is 0. The second-order valence-electron chi connectivity index (χ2n) is 9.50. The molecular formula is C19H34. The van der Waals surface area contributed by atoms with E-state index in [-0.39, 0.29) is 10.8 Å². The van der Waals surface area contributed by atoms with E-state index in [0.717, 1.165) is 0 Å². The van der Waals surface area contributed by atoms with Crippen LogP contribution in [0.25, 0.3) is 0 Å². The highest BCUT2D eigenvalue weighted by Crippen LogP contribution is 2.61. The summed E-state index contributed by atoms with van der Waals surface area (Å²) in [6.45, 7) is 25.9. The van der Waals surface area contributed by atoms with Crippen molar-refractivity contribution >= 4 is 0 Å². The lowest BCUT2D eigenvalue weighted by molar-refractivity contribution is 0.234. The Kier molecular flexibility index (Phi) is 3.92. The van der Waals surface area contributed by atoms with Gasteiger partial charge in [-0.15, -0.1) is 0 Å². The summed E-state index contributed by atoms with van der Waals surface area (Å²) in [6, 6.07) is 0. The SMILES string of the molecule is CC(C)=C1C(C(C)(C)C)=C(C(C)(C)C)C1C(C)(C)C. The smallest absolute Gasteiger partial charge is 0.0110 e. The van der Waals surface area contributed by atoms with Gasteiger partial charge >= 0.3 is 0 Å². The fraction of sp³-hybridized carbons (Fsp3) is 0.789. The van der Waals surface area contributed by atoms with Crippen LogP contribution in [0.4, 0.5) is 0 Å². The maximum atomic E-state index is 2.38. The molecule has 0 spiro atoms. The number of hydrogen-bond acceptors (Lipinski definition) is 0. The van der Waals surface area contributed by atoms with Gasteiger partial charge in [-0.05, 0) is 41.2 Å². The minimum atomic E-state index is 0.247. The first-order valence-corrected chi connectivity index (χ1v) is 7.62. The van der Waals surface area contributed by atoms with Crippen LogP contribution in [0.2, 0.25) is 0 Å². The predicted octanol–water partition coefficient (Wildman–Crippen LogP) is 6.39. The summed E-state index contributed by atoms with van der Waals surface area (Å²) >= 11 is 0. The molecule has 0 N–H and O–H groups in total. The van der Waals surface area contributed by atoms with Gasteiger partial charge in [-0.2, -0.15) is 0 Å². The van der Waals surface area contributed by atoms with Crippen molar-refractivity contribution in [2.75, 3.05) is 0 Å². The molecule has 0 aromatic rings. The van der Waals surface area contributed by atoms with Gasteiger partial charge < -0.3 is 0 Å². The van der Waals surface area contributed by atoms with Crippen LogP contribution in [0.1, 0.15) is 76.2 Å². The van der Waals surface area contributed by atoms with Gasteiger partial charge in [-0.1, -0.05) is 73.5 Å². The minimum Gasteiger partial charge on any atom is -0.0723 e. The molecule has 0 amide bonds. The van der Waals surface area contributed by atoms with Crippen molar-refractivity contribution in [3.8, 4) is 0 Å². The lowest BCUT2D eigenvalue weighted by Crippen LogP contribution is -2.43. The summed E-state index contributed by atoms with van der Waals surface area (Å²) in [5, 5.41) is 0. The molecule has 1 aliphatic carbocycles.